The number of anilines is 1. The van der Waals surface area contributed by atoms with E-state index in [0.29, 0.717) is 16.7 Å². The van der Waals surface area contributed by atoms with Gasteiger partial charge in [0.15, 0.2) is 5.03 Å². The van der Waals surface area contributed by atoms with E-state index in [2.05, 4.69) is 15.4 Å². The lowest BCUT2D eigenvalue weighted by molar-refractivity contribution is 0.168. The SMILES string of the molecule is CC(C)c1cc(F)cc(-c2cccnc2)c1NC(=O)NS(=O)(=O)c1ccn(C[C@@H](C)O)n1. The third-order valence-electron chi connectivity index (χ3n) is 4.54. The van der Waals surface area contributed by atoms with Crippen LogP contribution in [0.5, 0.6) is 0 Å². The van der Waals surface area contributed by atoms with Gasteiger partial charge in [0.05, 0.1) is 18.3 Å². The molecule has 0 aliphatic heterocycles. The van der Waals surface area contributed by atoms with Crippen LogP contribution in [0.2, 0.25) is 0 Å². The van der Waals surface area contributed by atoms with Crippen molar-refractivity contribution in [3.63, 3.8) is 0 Å². The zero-order chi connectivity index (χ0) is 23.5. The Hall–Kier alpha value is -3.31. The predicted molar refractivity (Wildman–Crippen MR) is 117 cm³/mol. The van der Waals surface area contributed by atoms with Crippen molar-refractivity contribution in [3.05, 3.63) is 60.3 Å². The monoisotopic (exact) mass is 461 g/mol. The lowest BCUT2D eigenvalue weighted by Gasteiger charge is -2.19. The fourth-order valence-corrected chi connectivity index (χ4v) is 4.00. The molecule has 0 bridgehead atoms. The Bertz CT molecular complexity index is 1210. The highest BCUT2D eigenvalue weighted by molar-refractivity contribution is 7.90. The van der Waals surface area contributed by atoms with Crippen LogP contribution in [0.15, 0.2) is 53.9 Å². The topological polar surface area (TPSA) is 126 Å². The summed E-state index contributed by atoms with van der Waals surface area (Å²) in [5.41, 5.74) is 1.71. The average Bonchev–Trinajstić information content (AvgIpc) is 3.18. The zero-order valence-electron chi connectivity index (χ0n) is 17.8. The predicted octanol–water partition coefficient (Wildman–Crippen LogP) is 3.10. The van der Waals surface area contributed by atoms with Crippen LogP contribution in [0, 0.1) is 5.82 Å². The molecule has 32 heavy (non-hydrogen) atoms. The Labute approximate surface area is 185 Å². The van der Waals surface area contributed by atoms with Crippen LogP contribution in [0.3, 0.4) is 0 Å². The maximum atomic E-state index is 14.3. The molecule has 0 fully saturated rings. The molecule has 1 atom stereocenters. The van der Waals surface area contributed by atoms with Crippen molar-refractivity contribution < 1.29 is 22.7 Å². The first-order valence-corrected chi connectivity index (χ1v) is 11.3. The third kappa shape index (κ3) is 5.48. The molecular formula is C21H24FN5O4S. The van der Waals surface area contributed by atoms with Crippen LogP contribution in [0.25, 0.3) is 11.1 Å². The molecule has 2 amide bonds. The second-order valence-electron chi connectivity index (χ2n) is 7.60. The molecule has 9 nitrogen and oxygen atoms in total. The standard InChI is InChI=1S/C21H24FN5O4S/c1-13(2)17-9-16(22)10-18(15-5-4-7-23-11-15)20(17)24-21(29)26-32(30,31)19-6-8-27(25-19)12-14(3)28/h4-11,13-14,28H,12H2,1-3H3,(H2,24,26,29)/t14-/m1/s1. The Morgan fingerprint density at radius 1 is 1.25 bits per heavy atom. The largest absolute Gasteiger partial charge is 0.391 e. The summed E-state index contributed by atoms with van der Waals surface area (Å²) in [6.45, 7) is 5.30. The number of benzene rings is 1. The van der Waals surface area contributed by atoms with E-state index < -0.39 is 28.0 Å². The molecule has 3 aromatic rings. The van der Waals surface area contributed by atoms with Crippen molar-refractivity contribution in [3.8, 4) is 11.1 Å². The Morgan fingerprint density at radius 2 is 2.00 bits per heavy atom. The Kier molecular flexibility index (Phi) is 6.90. The van der Waals surface area contributed by atoms with Gasteiger partial charge in [-0.1, -0.05) is 19.9 Å². The first kappa shape index (κ1) is 23.4. The molecule has 2 heterocycles. The number of urea groups is 1. The number of aliphatic hydroxyl groups is 1. The van der Waals surface area contributed by atoms with E-state index in [-0.39, 0.29) is 23.2 Å². The summed E-state index contributed by atoms with van der Waals surface area (Å²) < 4.78 is 42.6. The van der Waals surface area contributed by atoms with Gasteiger partial charge >= 0.3 is 6.03 Å². The van der Waals surface area contributed by atoms with Crippen LogP contribution >= 0.6 is 0 Å². The van der Waals surface area contributed by atoms with Crippen LogP contribution in [0.1, 0.15) is 32.3 Å². The molecule has 0 aliphatic rings. The zero-order valence-corrected chi connectivity index (χ0v) is 18.6. The lowest BCUT2D eigenvalue weighted by Crippen LogP contribution is -2.35. The summed E-state index contributed by atoms with van der Waals surface area (Å²) in [7, 11) is -4.28. The van der Waals surface area contributed by atoms with E-state index >= 15 is 0 Å². The minimum atomic E-state index is -4.28. The first-order valence-electron chi connectivity index (χ1n) is 9.86. The number of pyridine rings is 1. The maximum Gasteiger partial charge on any atom is 0.333 e. The number of rotatable bonds is 7. The van der Waals surface area contributed by atoms with E-state index in [1.165, 1.54) is 42.2 Å². The number of sulfonamides is 1. The van der Waals surface area contributed by atoms with Gasteiger partial charge in [0.2, 0.25) is 0 Å². The molecule has 0 saturated carbocycles. The van der Waals surface area contributed by atoms with E-state index in [4.69, 9.17) is 0 Å². The Morgan fingerprint density at radius 3 is 2.62 bits per heavy atom. The van der Waals surface area contributed by atoms with Crippen LogP contribution in [-0.4, -0.2) is 40.4 Å². The number of hydrogen-bond donors (Lipinski definition) is 3. The van der Waals surface area contributed by atoms with Gasteiger partial charge in [0.25, 0.3) is 10.0 Å². The van der Waals surface area contributed by atoms with Crippen molar-refractivity contribution >= 4 is 21.7 Å². The molecule has 2 aromatic heterocycles. The van der Waals surface area contributed by atoms with Crippen LogP contribution in [-0.2, 0) is 16.6 Å². The summed E-state index contributed by atoms with van der Waals surface area (Å²) >= 11 is 0. The lowest BCUT2D eigenvalue weighted by atomic mass is 9.94. The fraction of sp³-hybridized carbons (Fsp3) is 0.286. The number of halogens is 1. The molecule has 0 aliphatic carbocycles. The van der Waals surface area contributed by atoms with Gasteiger partial charge in [-0.2, -0.15) is 13.5 Å². The minimum Gasteiger partial charge on any atom is -0.391 e. The van der Waals surface area contributed by atoms with Gasteiger partial charge in [-0.15, -0.1) is 0 Å². The van der Waals surface area contributed by atoms with Crippen molar-refractivity contribution in [2.24, 2.45) is 0 Å². The number of hydrogen-bond acceptors (Lipinski definition) is 6. The molecule has 0 saturated heterocycles. The molecule has 3 N–H and O–H groups in total. The van der Waals surface area contributed by atoms with Crippen molar-refractivity contribution in [1.29, 1.82) is 0 Å². The molecule has 3 rings (SSSR count). The highest BCUT2D eigenvalue weighted by Crippen LogP contribution is 2.35. The normalized spacial score (nSPS) is 12.6. The number of nitrogens with one attached hydrogen (secondary N) is 2. The maximum absolute atomic E-state index is 14.3. The molecular weight excluding hydrogens is 437 g/mol. The number of nitrogens with zero attached hydrogens (tertiary/aromatic N) is 3. The van der Waals surface area contributed by atoms with Gasteiger partial charge < -0.3 is 10.4 Å². The minimum absolute atomic E-state index is 0.101. The van der Waals surface area contributed by atoms with Gasteiger partial charge in [-0.05, 0) is 42.7 Å². The number of carbonyl (C=O) groups is 1. The van der Waals surface area contributed by atoms with Crippen LogP contribution < -0.4 is 10.0 Å². The van der Waals surface area contributed by atoms with Crippen molar-refractivity contribution in [2.45, 2.75) is 44.4 Å². The van der Waals surface area contributed by atoms with Crippen molar-refractivity contribution in [1.82, 2.24) is 19.5 Å². The molecule has 0 spiro atoms. The summed E-state index contributed by atoms with van der Waals surface area (Å²) in [4.78, 5) is 16.7. The highest BCUT2D eigenvalue weighted by Gasteiger charge is 2.23. The van der Waals surface area contributed by atoms with Gasteiger partial charge in [0, 0.05) is 29.7 Å². The molecule has 170 valence electrons. The average molecular weight is 462 g/mol. The summed E-state index contributed by atoms with van der Waals surface area (Å²) in [5.74, 6) is -0.654. The summed E-state index contributed by atoms with van der Waals surface area (Å²) in [6.07, 6.45) is 3.75. The van der Waals surface area contributed by atoms with E-state index in [1.807, 2.05) is 18.6 Å². The van der Waals surface area contributed by atoms with Gasteiger partial charge in [0.1, 0.15) is 5.82 Å². The second kappa shape index (κ2) is 9.45. The van der Waals surface area contributed by atoms with E-state index in [9.17, 15) is 22.7 Å². The molecule has 11 heteroatoms. The van der Waals surface area contributed by atoms with Gasteiger partial charge in [-0.25, -0.2) is 13.9 Å². The van der Waals surface area contributed by atoms with E-state index in [0.717, 1.165) is 0 Å². The van der Waals surface area contributed by atoms with E-state index in [1.54, 1.807) is 18.3 Å². The second-order valence-corrected chi connectivity index (χ2v) is 9.23. The summed E-state index contributed by atoms with van der Waals surface area (Å²) in [6, 6.07) is 6.13. The van der Waals surface area contributed by atoms with Crippen molar-refractivity contribution in [2.75, 3.05) is 5.32 Å². The molecule has 0 radical (unpaired) electrons. The van der Waals surface area contributed by atoms with Gasteiger partial charge in [-0.3, -0.25) is 9.67 Å². The number of carbonyl (C=O) groups excluding carboxylic acids is 1. The highest BCUT2D eigenvalue weighted by atomic mass is 32.2. The number of aromatic nitrogens is 3. The molecule has 1 aromatic carbocycles. The third-order valence-corrected chi connectivity index (χ3v) is 5.76. The fourth-order valence-electron chi connectivity index (χ4n) is 3.14. The first-order chi connectivity index (χ1) is 15.1. The quantitative estimate of drug-likeness (QED) is 0.496. The smallest absolute Gasteiger partial charge is 0.333 e. The summed E-state index contributed by atoms with van der Waals surface area (Å²) in [5, 5.41) is 15.5. The Balaban J connectivity index is 1.91. The number of aliphatic hydroxyl groups excluding tert-OH is 1. The van der Waals surface area contributed by atoms with Crippen LogP contribution in [0.4, 0.5) is 14.9 Å². The molecule has 0 unspecified atom stereocenters. The number of amides is 2.